The Morgan fingerprint density at radius 2 is 0.944 bits per heavy atom. The maximum absolute atomic E-state index is 13.0. The zero-order chi connectivity index (χ0) is 51.7. The van der Waals surface area contributed by atoms with Gasteiger partial charge >= 0.3 is 11.9 Å². The van der Waals surface area contributed by atoms with Crippen LogP contribution in [-0.2, 0) is 38.0 Å². The maximum atomic E-state index is 13.0. The number of aliphatic hydroxyl groups is 7. The molecule has 0 aliphatic carbocycles. The molecule has 2 fully saturated rings. The minimum absolute atomic E-state index is 0.137. The van der Waals surface area contributed by atoms with Gasteiger partial charge in [-0.15, -0.1) is 0 Å². The minimum Gasteiger partial charge on any atom is -0.462 e. The SMILES string of the molecule is CC/C=C/C=C/C=C/CCCCCCCC(=O)OC(COC(=O)CCCCCCCCCCC/C=C/C/C=C/C/C=C/CCCCC)CO[C@@H]1O[C@H](CO[C@@H]2O[C@H](CO)[C@H](O)C(O)C2O)[C@H](O)C(O)C1O. The fraction of sp³-hybridized carbons (Fsp3) is 0.750. The fourth-order valence-electron chi connectivity index (χ4n) is 8.05. The third-order valence-corrected chi connectivity index (χ3v) is 12.5. The van der Waals surface area contributed by atoms with Gasteiger partial charge < -0.3 is 64.2 Å². The van der Waals surface area contributed by atoms with E-state index in [4.69, 9.17) is 28.4 Å². The molecule has 0 radical (unpaired) electrons. The van der Waals surface area contributed by atoms with Gasteiger partial charge in [0, 0.05) is 12.8 Å². The lowest BCUT2D eigenvalue weighted by atomic mass is 9.98. The molecule has 2 aliphatic heterocycles. The highest BCUT2D eigenvalue weighted by atomic mass is 16.7. The second-order valence-electron chi connectivity index (χ2n) is 18.7. The molecule has 71 heavy (non-hydrogen) atoms. The molecule has 0 amide bonds. The highest BCUT2D eigenvalue weighted by Gasteiger charge is 2.47. The van der Waals surface area contributed by atoms with Gasteiger partial charge in [-0.3, -0.25) is 9.59 Å². The summed E-state index contributed by atoms with van der Waals surface area (Å²) in [6, 6.07) is 0. The van der Waals surface area contributed by atoms with E-state index in [0.29, 0.717) is 12.8 Å². The quantitative estimate of drug-likeness (QED) is 0.0132. The average Bonchev–Trinajstić information content (AvgIpc) is 3.36. The topological polar surface area (TPSA) is 231 Å². The first-order valence-electron chi connectivity index (χ1n) is 27.1. The number of rotatable bonds is 41. The van der Waals surface area contributed by atoms with Crippen LogP contribution in [0.3, 0.4) is 0 Å². The van der Waals surface area contributed by atoms with Crippen molar-refractivity contribution in [3.63, 3.8) is 0 Å². The summed E-state index contributed by atoms with van der Waals surface area (Å²) in [5.74, 6) is -0.960. The standard InChI is InChI=1S/C56H94O15/c1-3-5-7-9-11-13-15-17-18-19-20-21-22-23-24-25-27-28-30-32-34-36-38-47(58)66-41-44(69-48(59)39-37-35-33-31-29-26-16-14-12-10-8-6-4-2)42-67-55-54(65)52(63)50(61)46(71-55)43-68-56-53(64)51(62)49(60)45(40-57)70-56/h6,8,10-14,16-18,20-21,44-46,49-57,60-65H,3-5,7,9,15,19,22-43H2,1-2H3/b8-6+,12-10+,13-11+,16-14+,18-17+,21-20+/t44?,45-,46-,49+,50+,51?,52?,53?,54?,55-,56-/m1/s1. The van der Waals surface area contributed by atoms with Crippen LogP contribution in [0.4, 0.5) is 0 Å². The van der Waals surface area contributed by atoms with Crippen molar-refractivity contribution in [2.75, 3.05) is 26.4 Å². The zero-order valence-electron chi connectivity index (χ0n) is 43.2. The largest absolute Gasteiger partial charge is 0.462 e. The second kappa shape index (κ2) is 42.3. The van der Waals surface area contributed by atoms with Gasteiger partial charge in [-0.2, -0.15) is 0 Å². The molecule has 408 valence electrons. The molecule has 2 heterocycles. The number of carbonyl (C=O) groups is 2. The first-order valence-corrected chi connectivity index (χ1v) is 27.1. The van der Waals surface area contributed by atoms with Crippen LogP contribution in [0.15, 0.2) is 72.9 Å². The molecule has 7 N–H and O–H groups in total. The van der Waals surface area contributed by atoms with E-state index in [1.165, 1.54) is 57.8 Å². The molecule has 0 bridgehead atoms. The second-order valence-corrected chi connectivity index (χ2v) is 18.7. The van der Waals surface area contributed by atoms with Gasteiger partial charge in [0.05, 0.1) is 19.8 Å². The van der Waals surface area contributed by atoms with Gasteiger partial charge in [0.2, 0.25) is 0 Å². The molecule has 11 atom stereocenters. The fourth-order valence-corrected chi connectivity index (χ4v) is 8.05. The van der Waals surface area contributed by atoms with E-state index in [9.17, 15) is 45.3 Å². The summed E-state index contributed by atoms with van der Waals surface area (Å²) in [6.45, 7) is 2.39. The van der Waals surface area contributed by atoms with Crippen LogP contribution in [0.1, 0.15) is 174 Å². The van der Waals surface area contributed by atoms with Crippen LogP contribution in [0.5, 0.6) is 0 Å². The zero-order valence-corrected chi connectivity index (χ0v) is 43.2. The van der Waals surface area contributed by atoms with E-state index in [1.54, 1.807) is 0 Å². The van der Waals surface area contributed by atoms with Crippen LogP contribution >= 0.6 is 0 Å². The first-order chi connectivity index (χ1) is 34.5. The van der Waals surface area contributed by atoms with Gasteiger partial charge in [-0.25, -0.2) is 0 Å². The molecule has 15 nitrogen and oxygen atoms in total. The molecule has 0 spiro atoms. The number of unbranched alkanes of at least 4 members (excludes halogenated alkanes) is 17. The van der Waals surface area contributed by atoms with Crippen molar-refractivity contribution in [2.45, 2.75) is 242 Å². The summed E-state index contributed by atoms with van der Waals surface area (Å²) in [5.41, 5.74) is 0. The number of hydrogen-bond acceptors (Lipinski definition) is 15. The van der Waals surface area contributed by atoms with E-state index in [2.05, 4.69) is 62.5 Å². The van der Waals surface area contributed by atoms with Crippen LogP contribution in [-0.4, -0.2) is 142 Å². The molecule has 5 unspecified atom stereocenters. The van der Waals surface area contributed by atoms with Crippen molar-refractivity contribution in [3.05, 3.63) is 72.9 Å². The molecule has 0 saturated carbocycles. The van der Waals surface area contributed by atoms with Crippen molar-refractivity contribution in [1.82, 2.24) is 0 Å². The summed E-state index contributed by atoms with van der Waals surface area (Å²) in [6.07, 6.45) is 33.6. The Morgan fingerprint density at radius 1 is 0.479 bits per heavy atom. The summed E-state index contributed by atoms with van der Waals surface area (Å²) in [5, 5.41) is 72.1. The van der Waals surface area contributed by atoms with Gasteiger partial charge in [-0.1, -0.05) is 164 Å². The number of aliphatic hydroxyl groups excluding tert-OH is 7. The molecular weight excluding hydrogens is 913 g/mol. The van der Waals surface area contributed by atoms with E-state index in [1.807, 2.05) is 24.3 Å². The molecule has 2 aliphatic rings. The molecule has 0 aromatic heterocycles. The number of esters is 2. The molecule has 0 aromatic rings. The maximum Gasteiger partial charge on any atom is 0.306 e. The van der Waals surface area contributed by atoms with E-state index in [0.717, 1.165) is 77.0 Å². The number of hydrogen-bond donors (Lipinski definition) is 7. The number of ether oxygens (including phenoxy) is 6. The summed E-state index contributed by atoms with van der Waals surface area (Å²) < 4.78 is 33.6. The van der Waals surface area contributed by atoms with E-state index >= 15 is 0 Å². The van der Waals surface area contributed by atoms with Crippen LogP contribution in [0.25, 0.3) is 0 Å². The van der Waals surface area contributed by atoms with Crippen molar-refractivity contribution in [3.8, 4) is 0 Å². The smallest absolute Gasteiger partial charge is 0.306 e. The van der Waals surface area contributed by atoms with Gasteiger partial charge in [0.15, 0.2) is 18.7 Å². The molecule has 2 rings (SSSR count). The predicted octanol–water partition coefficient (Wildman–Crippen LogP) is 8.21. The van der Waals surface area contributed by atoms with Gasteiger partial charge in [-0.05, 0) is 70.6 Å². The van der Waals surface area contributed by atoms with E-state index < -0.39 is 99.3 Å². The minimum atomic E-state index is -1.77. The molecular formula is C56H94O15. The lowest BCUT2D eigenvalue weighted by Gasteiger charge is -2.42. The Bertz CT molecular complexity index is 1510. The summed E-state index contributed by atoms with van der Waals surface area (Å²) >= 11 is 0. The summed E-state index contributed by atoms with van der Waals surface area (Å²) in [7, 11) is 0. The summed E-state index contributed by atoms with van der Waals surface area (Å²) in [4.78, 5) is 25.8. The van der Waals surface area contributed by atoms with Crippen LogP contribution in [0.2, 0.25) is 0 Å². The predicted molar refractivity (Wildman–Crippen MR) is 275 cm³/mol. The third kappa shape index (κ3) is 30.0. The Hall–Kier alpha value is -3.06. The monoisotopic (exact) mass is 1010 g/mol. The van der Waals surface area contributed by atoms with Crippen molar-refractivity contribution < 1.29 is 73.8 Å². The Morgan fingerprint density at radius 3 is 1.51 bits per heavy atom. The Kier molecular flexibility index (Phi) is 38.2. The number of allylic oxidation sites excluding steroid dienone is 12. The lowest BCUT2D eigenvalue weighted by molar-refractivity contribution is -0.332. The third-order valence-electron chi connectivity index (χ3n) is 12.5. The Balaban J connectivity index is 1.76. The van der Waals surface area contributed by atoms with Crippen molar-refractivity contribution in [1.29, 1.82) is 0 Å². The number of carbonyl (C=O) groups excluding carboxylic acids is 2. The van der Waals surface area contributed by atoms with Crippen LogP contribution < -0.4 is 0 Å². The van der Waals surface area contributed by atoms with Crippen molar-refractivity contribution in [2.24, 2.45) is 0 Å². The molecule has 0 aromatic carbocycles. The lowest BCUT2D eigenvalue weighted by Crippen LogP contribution is -2.61. The average molecular weight is 1010 g/mol. The highest BCUT2D eigenvalue weighted by molar-refractivity contribution is 5.70. The first kappa shape index (κ1) is 64.1. The Labute approximate surface area is 425 Å². The normalized spacial score (nSPS) is 25.8. The van der Waals surface area contributed by atoms with Gasteiger partial charge in [0.1, 0.15) is 55.4 Å². The van der Waals surface area contributed by atoms with E-state index in [-0.39, 0.29) is 19.4 Å². The molecule has 15 heteroatoms. The van der Waals surface area contributed by atoms with Crippen molar-refractivity contribution >= 4 is 11.9 Å². The van der Waals surface area contributed by atoms with Crippen LogP contribution in [0, 0.1) is 0 Å². The van der Waals surface area contributed by atoms with Gasteiger partial charge in [0.25, 0.3) is 0 Å². The highest BCUT2D eigenvalue weighted by Crippen LogP contribution is 2.26. The molecule has 2 saturated heterocycles.